The summed E-state index contributed by atoms with van der Waals surface area (Å²) in [5.74, 6) is -0.0279. The quantitative estimate of drug-likeness (QED) is 0.890. The summed E-state index contributed by atoms with van der Waals surface area (Å²) in [6.45, 7) is 2.78. The van der Waals surface area contributed by atoms with Crippen LogP contribution in [0.2, 0.25) is 0 Å². The van der Waals surface area contributed by atoms with Crippen molar-refractivity contribution < 1.29 is 9.90 Å². The number of aliphatic hydroxyl groups excluding tert-OH is 1. The van der Waals surface area contributed by atoms with Crippen LogP contribution < -0.4 is 0 Å². The molecule has 0 aliphatic rings. The summed E-state index contributed by atoms with van der Waals surface area (Å²) in [6.07, 6.45) is 3.93. The minimum Gasteiger partial charge on any atom is -0.395 e. The number of hydrogen-bond acceptors (Lipinski definition) is 3. The molecule has 1 N–H and O–H groups in total. The van der Waals surface area contributed by atoms with Gasteiger partial charge in [-0.15, -0.1) is 11.3 Å². The molecule has 0 saturated heterocycles. The van der Waals surface area contributed by atoms with Gasteiger partial charge in [0.15, 0.2) is 0 Å². The first-order valence-electron chi connectivity index (χ1n) is 6.89. The number of hydrogen-bond donors (Lipinski definition) is 1. The van der Waals surface area contributed by atoms with E-state index >= 15 is 0 Å². The van der Waals surface area contributed by atoms with Crippen molar-refractivity contribution in [3.05, 3.63) is 63.9 Å². The van der Waals surface area contributed by atoms with Gasteiger partial charge in [0, 0.05) is 18.0 Å². The van der Waals surface area contributed by atoms with Crippen molar-refractivity contribution >= 4 is 23.3 Å². The molecule has 2 rings (SSSR count). The van der Waals surface area contributed by atoms with E-state index in [0.29, 0.717) is 18.0 Å². The number of carbonyl (C=O) groups excluding carboxylic acids is 1. The zero-order valence-electron chi connectivity index (χ0n) is 12.0. The lowest BCUT2D eigenvalue weighted by atomic mass is 10.2. The molecule has 1 amide bonds. The highest BCUT2D eigenvalue weighted by Crippen LogP contribution is 2.17. The molecule has 3 nitrogen and oxygen atoms in total. The highest BCUT2D eigenvalue weighted by atomic mass is 32.1. The minimum atomic E-state index is -0.0325. The van der Waals surface area contributed by atoms with E-state index in [9.17, 15) is 4.79 Å². The van der Waals surface area contributed by atoms with E-state index in [2.05, 4.69) is 0 Å². The maximum absolute atomic E-state index is 12.4. The SMILES string of the molecule is Cc1ccc(C(=O)N(CC=Cc2ccccc2)CCO)s1. The molecule has 110 valence electrons. The second-order valence-electron chi connectivity index (χ2n) is 4.70. The van der Waals surface area contributed by atoms with Crippen molar-refractivity contribution in [3.8, 4) is 0 Å². The summed E-state index contributed by atoms with van der Waals surface area (Å²) in [6, 6.07) is 13.7. The van der Waals surface area contributed by atoms with E-state index in [-0.39, 0.29) is 12.5 Å². The Kier molecular flexibility index (Phi) is 5.72. The Bertz CT molecular complexity index is 604. The first-order chi connectivity index (χ1) is 10.2. The van der Waals surface area contributed by atoms with Gasteiger partial charge in [-0.3, -0.25) is 4.79 Å². The summed E-state index contributed by atoms with van der Waals surface area (Å²) in [5, 5.41) is 9.14. The maximum Gasteiger partial charge on any atom is 0.264 e. The lowest BCUT2D eigenvalue weighted by Gasteiger charge is -2.19. The van der Waals surface area contributed by atoms with Crippen molar-refractivity contribution in [2.75, 3.05) is 19.7 Å². The molecule has 0 saturated carbocycles. The third-order valence-electron chi connectivity index (χ3n) is 3.04. The lowest BCUT2D eigenvalue weighted by molar-refractivity contribution is 0.0748. The van der Waals surface area contributed by atoms with E-state index in [1.165, 1.54) is 11.3 Å². The van der Waals surface area contributed by atoms with Gasteiger partial charge in [0.05, 0.1) is 11.5 Å². The number of amides is 1. The van der Waals surface area contributed by atoms with E-state index < -0.39 is 0 Å². The molecule has 4 heteroatoms. The van der Waals surface area contributed by atoms with E-state index in [0.717, 1.165) is 10.4 Å². The smallest absolute Gasteiger partial charge is 0.264 e. The van der Waals surface area contributed by atoms with Crippen LogP contribution in [0, 0.1) is 6.92 Å². The standard InChI is InChI=1S/C17H19NO2S/c1-14-9-10-16(21-14)17(20)18(12-13-19)11-5-8-15-6-3-2-4-7-15/h2-10,19H,11-13H2,1H3. The molecular weight excluding hydrogens is 282 g/mol. The summed E-state index contributed by atoms with van der Waals surface area (Å²) in [4.78, 5) is 15.9. The van der Waals surface area contributed by atoms with Gasteiger partial charge in [-0.1, -0.05) is 42.5 Å². The van der Waals surface area contributed by atoms with Gasteiger partial charge < -0.3 is 10.0 Å². The van der Waals surface area contributed by atoms with Crippen LogP contribution in [0.25, 0.3) is 6.08 Å². The van der Waals surface area contributed by atoms with Crippen LogP contribution in [0.15, 0.2) is 48.5 Å². The number of aliphatic hydroxyl groups is 1. The molecule has 1 aromatic heterocycles. The normalized spacial score (nSPS) is 11.0. The number of nitrogens with zero attached hydrogens (tertiary/aromatic N) is 1. The van der Waals surface area contributed by atoms with Crippen molar-refractivity contribution in [3.63, 3.8) is 0 Å². The zero-order valence-corrected chi connectivity index (χ0v) is 12.8. The third kappa shape index (κ3) is 4.55. The van der Waals surface area contributed by atoms with Crippen LogP contribution in [0.3, 0.4) is 0 Å². The molecule has 1 aromatic carbocycles. The fourth-order valence-corrected chi connectivity index (χ4v) is 2.82. The zero-order chi connectivity index (χ0) is 15.1. The van der Waals surface area contributed by atoms with Crippen LogP contribution >= 0.6 is 11.3 Å². The van der Waals surface area contributed by atoms with Gasteiger partial charge >= 0.3 is 0 Å². The van der Waals surface area contributed by atoms with Gasteiger partial charge in [0.25, 0.3) is 5.91 Å². The average Bonchev–Trinajstić information content (AvgIpc) is 2.93. The third-order valence-corrected chi connectivity index (χ3v) is 4.03. The average molecular weight is 301 g/mol. The predicted octanol–water partition coefficient (Wildman–Crippen LogP) is 3.20. The molecular formula is C17H19NO2S. The van der Waals surface area contributed by atoms with Crippen LogP contribution in [-0.2, 0) is 0 Å². The highest BCUT2D eigenvalue weighted by Gasteiger charge is 2.15. The van der Waals surface area contributed by atoms with Crippen LogP contribution in [0.5, 0.6) is 0 Å². The largest absolute Gasteiger partial charge is 0.395 e. The molecule has 2 aromatic rings. The molecule has 0 bridgehead atoms. The lowest BCUT2D eigenvalue weighted by Crippen LogP contribution is -2.33. The van der Waals surface area contributed by atoms with Crippen molar-refractivity contribution in [2.45, 2.75) is 6.92 Å². The van der Waals surface area contributed by atoms with Gasteiger partial charge in [0.1, 0.15) is 0 Å². The van der Waals surface area contributed by atoms with Crippen LogP contribution in [-0.4, -0.2) is 35.6 Å². The summed E-state index contributed by atoms with van der Waals surface area (Å²) in [5.41, 5.74) is 1.10. The fraction of sp³-hybridized carbons (Fsp3) is 0.235. The molecule has 0 spiro atoms. The molecule has 1 heterocycles. The predicted molar refractivity (Wildman–Crippen MR) is 87.5 cm³/mol. The Morgan fingerprint density at radius 2 is 2.00 bits per heavy atom. The molecule has 0 radical (unpaired) electrons. The molecule has 21 heavy (non-hydrogen) atoms. The minimum absolute atomic E-state index is 0.0279. The van der Waals surface area contributed by atoms with E-state index in [4.69, 9.17) is 5.11 Å². The maximum atomic E-state index is 12.4. The summed E-state index contributed by atoms with van der Waals surface area (Å²) in [7, 11) is 0. The van der Waals surface area contributed by atoms with E-state index in [1.807, 2.05) is 61.5 Å². The number of carbonyl (C=O) groups is 1. The number of rotatable bonds is 6. The fourth-order valence-electron chi connectivity index (χ4n) is 1.98. The Hall–Kier alpha value is -1.91. The Labute approximate surface area is 129 Å². The Morgan fingerprint density at radius 3 is 2.62 bits per heavy atom. The van der Waals surface area contributed by atoms with Gasteiger partial charge in [-0.25, -0.2) is 0 Å². The Balaban J connectivity index is 2.02. The van der Waals surface area contributed by atoms with Gasteiger partial charge in [0.2, 0.25) is 0 Å². The monoisotopic (exact) mass is 301 g/mol. The number of aryl methyl sites for hydroxylation is 1. The molecule has 0 fully saturated rings. The molecule has 0 aliphatic heterocycles. The van der Waals surface area contributed by atoms with Gasteiger partial charge in [-0.2, -0.15) is 0 Å². The number of benzene rings is 1. The van der Waals surface area contributed by atoms with Crippen molar-refractivity contribution in [1.29, 1.82) is 0 Å². The van der Waals surface area contributed by atoms with Crippen LogP contribution in [0.1, 0.15) is 20.1 Å². The molecule has 0 unspecified atom stereocenters. The van der Waals surface area contributed by atoms with Gasteiger partial charge in [-0.05, 0) is 24.6 Å². The van der Waals surface area contributed by atoms with Crippen molar-refractivity contribution in [2.24, 2.45) is 0 Å². The summed E-state index contributed by atoms with van der Waals surface area (Å²) >= 11 is 1.48. The highest BCUT2D eigenvalue weighted by molar-refractivity contribution is 7.13. The first kappa shape index (κ1) is 15.5. The molecule has 0 atom stereocenters. The second-order valence-corrected chi connectivity index (χ2v) is 5.99. The second kappa shape index (κ2) is 7.76. The number of thiophene rings is 1. The van der Waals surface area contributed by atoms with Crippen LogP contribution in [0.4, 0.5) is 0 Å². The molecule has 0 aliphatic carbocycles. The van der Waals surface area contributed by atoms with Crippen molar-refractivity contribution in [1.82, 2.24) is 4.90 Å². The first-order valence-corrected chi connectivity index (χ1v) is 7.70. The van der Waals surface area contributed by atoms with E-state index in [1.54, 1.807) is 4.90 Å². The summed E-state index contributed by atoms with van der Waals surface area (Å²) < 4.78 is 0. The topological polar surface area (TPSA) is 40.5 Å². The Morgan fingerprint density at radius 1 is 1.24 bits per heavy atom.